The molecule has 1 heterocycles. The molecule has 9 heteroatoms. The number of carbonyl (C=O) groups is 1. The Kier molecular flexibility index (Phi) is 6.59. The fourth-order valence-electron chi connectivity index (χ4n) is 3.11. The lowest BCUT2D eigenvalue weighted by Crippen LogP contribution is -2.53. The summed E-state index contributed by atoms with van der Waals surface area (Å²) in [5, 5.41) is 9.13. The third-order valence-electron chi connectivity index (χ3n) is 4.76. The van der Waals surface area contributed by atoms with E-state index in [0.29, 0.717) is 11.5 Å². The van der Waals surface area contributed by atoms with Crippen molar-refractivity contribution in [2.45, 2.75) is 32.3 Å². The van der Waals surface area contributed by atoms with Gasteiger partial charge in [-0.15, -0.1) is 0 Å². The normalized spacial score (nSPS) is 16.4. The van der Waals surface area contributed by atoms with Crippen LogP contribution in [0.15, 0.2) is 63.2 Å². The van der Waals surface area contributed by atoms with E-state index >= 15 is 0 Å². The Morgan fingerprint density at radius 3 is 2.11 bits per heavy atom. The van der Waals surface area contributed by atoms with E-state index < -0.39 is 20.5 Å². The Balaban J connectivity index is 1.85. The zero-order valence-corrected chi connectivity index (χ0v) is 17.7. The van der Waals surface area contributed by atoms with Gasteiger partial charge in [0.05, 0.1) is 12.0 Å². The first-order valence-electron chi connectivity index (χ1n) is 8.62. The van der Waals surface area contributed by atoms with E-state index in [1.54, 1.807) is 36.5 Å². The summed E-state index contributed by atoms with van der Waals surface area (Å²) in [6.07, 6.45) is 0.351. The zero-order valence-electron chi connectivity index (χ0n) is 15.3. The van der Waals surface area contributed by atoms with Crippen LogP contribution in [0.5, 0.6) is 5.75 Å². The number of hydroxylamine groups is 1. The van der Waals surface area contributed by atoms with Gasteiger partial charge in [0.25, 0.3) is 5.91 Å². The van der Waals surface area contributed by atoms with E-state index in [9.17, 15) is 13.2 Å². The molecule has 1 saturated heterocycles. The highest BCUT2D eigenvalue weighted by molar-refractivity contribution is 8.00. The maximum atomic E-state index is 13.2. The number of ether oxygens (including phenoxy) is 1. The molecular formula is C19H21NO5S3. The molecule has 150 valence electrons. The Morgan fingerprint density at radius 1 is 1.07 bits per heavy atom. The van der Waals surface area contributed by atoms with Crippen LogP contribution in [0.4, 0.5) is 0 Å². The maximum absolute atomic E-state index is 13.2. The average molecular weight is 440 g/mol. The lowest BCUT2D eigenvalue weighted by Gasteiger charge is -2.34. The van der Waals surface area contributed by atoms with Crippen LogP contribution >= 0.6 is 23.5 Å². The predicted molar refractivity (Wildman–Crippen MR) is 110 cm³/mol. The number of nitrogens with one attached hydrogen (secondary N) is 1. The van der Waals surface area contributed by atoms with E-state index in [4.69, 9.17) is 9.94 Å². The van der Waals surface area contributed by atoms with Gasteiger partial charge in [0.15, 0.2) is 14.6 Å². The number of sulfone groups is 1. The molecule has 1 fully saturated rings. The Morgan fingerprint density at radius 2 is 1.61 bits per heavy atom. The number of methoxy groups -OCH3 is 1. The molecule has 1 amide bonds. The highest BCUT2D eigenvalue weighted by Crippen LogP contribution is 2.39. The summed E-state index contributed by atoms with van der Waals surface area (Å²) in [7, 11) is -2.34. The average Bonchev–Trinajstić information content (AvgIpc) is 2.74. The van der Waals surface area contributed by atoms with Crippen molar-refractivity contribution in [2.24, 2.45) is 0 Å². The first-order valence-corrected chi connectivity index (χ1v) is 12.1. The van der Waals surface area contributed by atoms with Crippen molar-refractivity contribution >= 4 is 39.3 Å². The minimum Gasteiger partial charge on any atom is -0.497 e. The first-order chi connectivity index (χ1) is 13.4. The van der Waals surface area contributed by atoms with Crippen molar-refractivity contribution in [3.05, 3.63) is 48.5 Å². The Hall–Kier alpha value is -1.68. The molecule has 0 atom stereocenters. The second kappa shape index (κ2) is 8.77. The number of hydrogen-bond donors (Lipinski definition) is 2. The molecule has 0 aliphatic carbocycles. The minimum absolute atomic E-state index is 0.0853. The van der Waals surface area contributed by atoms with Crippen LogP contribution in [-0.2, 0) is 14.6 Å². The lowest BCUT2D eigenvalue weighted by molar-refractivity contribution is -0.132. The number of thioether (sulfide) groups is 1. The third-order valence-corrected chi connectivity index (χ3v) is 9.28. The van der Waals surface area contributed by atoms with Crippen molar-refractivity contribution in [1.82, 2.24) is 5.48 Å². The van der Waals surface area contributed by atoms with Gasteiger partial charge in [-0.25, -0.2) is 13.9 Å². The third kappa shape index (κ3) is 4.03. The van der Waals surface area contributed by atoms with Crippen LogP contribution in [0.2, 0.25) is 0 Å². The van der Waals surface area contributed by atoms with Gasteiger partial charge in [0, 0.05) is 9.79 Å². The second-order valence-corrected chi connectivity index (χ2v) is 10.9. The number of benzene rings is 2. The van der Waals surface area contributed by atoms with Crippen LogP contribution < -0.4 is 10.2 Å². The number of amides is 1. The van der Waals surface area contributed by atoms with E-state index in [1.807, 2.05) is 24.3 Å². The minimum atomic E-state index is -3.94. The van der Waals surface area contributed by atoms with Crippen LogP contribution in [0, 0.1) is 0 Å². The fraction of sp³-hybridized carbons (Fsp3) is 0.316. The highest BCUT2D eigenvalue weighted by Gasteiger charge is 2.51. The molecule has 0 aromatic heterocycles. The van der Waals surface area contributed by atoms with Gasteiger partial charge < -0.3 is 4.74 Å². The maximum Gasteiger partial charge on any atom is 0.265 e. The van der Waals surface area contributed by atoms with Gasteiger partial charge in [-0.3, -0.25) is 10.0 Å². The Bertz CT molecular complexity index is 921. The molecule has 0 saturated carbocycles. The first kappa shape index (κ1) is 21.0. The topological polar surface area (TPSA) is 92.7 Å². The van der Waals surface area contributed by atoms with E-state index in [-0.39, 0.29) is 17.7 Å². The van der Waals surface area contributed by atoms with E-state index in [0.717, 1.165) is 15.5 Å². The monoisotopic (exact) mass is 439 g/mol. The molecule has 1 aliphatic heterocycles. The molecule has 0 spiro atoms. The smallest absolute Gasteiger partial charge is 0.265 e. The second-order valence-electron chi connectivity index (χ2n) is 6.30. The molecule has 2 N–H and O–H groups in total. The fourth-order valence-corrected chi connectivity index (χ4v) is 7.35. The summed E-state index contributed by atoms with van der Waals surface area (Å²) in [6, 6.07) is 14.1. The molecule has 3 rings (SSSR count). The number of rotatable bonds is 6. The summed E-state index contributed by atoms with van der Waals surface area (Å²) in [4.78, 5) is 14.3. The molecule has 0 bridgehead atoms. The summed E-state index contributed by atoms with van der Waals surface area (Å²) in [5.74, 6) is 1.02. The molecule has 2 aromatic carbocycles. The van der Waals surface area contributed by atoms with Crippen molar-refractivity contribution < 1.29 is 23.2 Å². The number of hydrogen-bond acceptors (Lipinski definition) is 7. The van der Waals surface area contributed by atoms with Gasteiger partial charge in [0.1, 0.15) is 5.75 Å². The molecule has 1 aliphatic rings. The lowest BCUT2D eigenvalue weighted by atomic mass is 10.0. The van der Waals surface area contributed by atoms with Crippen molar-refractivity contribution in [3.8, 4) is 5.75 Å². The van der Waals surface area contributed by atoms with Crippen LogP contribution in [0.3, 0.4) is 0 Å². The van der Waals surface area contributed by atoms with Gasteiger partial charge in [-0.2, -0.15) is 11.8 Å². The largest absolute Gasteiger partial charge is 0.497 e. The molecule has 2 aromatic rings. The molecule has 28 heavy (non-hydrogen) atoms. The van der Waals surface area contributed by atoms with Crippen molar-refractivity contribution in [2.75, 3.05) is 18.6 Å². The van der Waals surface area contributed by atoms with Gasteiger partial charge in [-0.1, -0.05) is 11.8 Å². The van der Waals surface area contributed by atoms with Crippen LogP contribution in [0.25, 0.3) is 0 Å². The molecular weight excluding hydrogens is 418 g/mol. The van der Waals surface area contributed by atoms with E-state index in [2.05, 4.69) is 0 Å². The highest BCUT2D eigenvalue weighted by atomic mass is 32.2. The SMILES string of the molecule is COc1ccc(Sc2ccc(S(=O)(=O)C3(C(=O)NO)CCSCC3)cc2)cc1. The van der Waals surface area contributed by atoms with E-state index in [1.165, 1.54) is 23.9 Å². The quantitative estimate of drug-likeness (QED) is 0.526. The van der Waals surface area contributed by atoms with Gasteiger partial charge in [-0.05, 0) is 72.9 Å². The van der Waals surface area contributed by atoms with Crippen molar-refractivity contribution in [1.29, 1.82) is 0 Å². The van der Waals surface area contributed by atoms with Crippen molar-refractivity contribution in [3.63, 3.8) is 0 Å². The molecule has 0 unspecified atom stereocenters. The molecule has 6 nitrogen and oxygen atoms in total. The summed E-state index contributed by atoms with van der Waals surface area (Å²) >= 11 is 3.10. The molecule has 0 radical (unpaired) electrons. The Labute approximate surface area is 172 Å². The summed E-state index contributed by atoms with van der Waals surface area (Å²) in [6.45, 7) is 0. The van der Waals surface area contributed by atoms with Gasteiger partial charge >= 0.3 is 0 Å². The van der Waals surface area contributed by atoms with Crippen LogP contribution in [-0.4, -0.2) is 42.9 Å². The summed E-state index contributed by atoms with van der Waals surface area (Å²) in [5.41, 5.74) is 1.56. The van der Waals surface area contributed by atoms with Crippen LogP contribution in [0.1, 0.15) is 12.8 Å². The standard InChI is InChI=1S/C19H21NO5S3/c1-25-14-2-4-15(5-3-14)27-16-6-8-17(9-7-16)28(23,24)19(18(21)20-22)10-12-26-13-11-19/h2-9,22H,10-13H2,1H3,(H,20,21). The zero-order chi connectivity index (χ0) is 20.2. The van der Waals surface area contributed by atoms with Gasteiger partial charge in [0.2, 0.25) is 0 Å². The predicted octanol–water partition coefficient (Wildman–Crippen LogP) is 3.39. The summed E-state index contributed by atoms with van der Waals surface area (Å²) < 4.78 is 30.0. The number of carbonyl (C=O) groups excluding carboxylic acids is 1.